The molecule has 1 unspecified atom stereocenters. The zero-order valence-corrected chi connectivity index (χ0v) is 18.8. The lowest BCUT2D eigenvalue weighted by atomic mass is 9.96. The molecule has 4 rings (SSSR count). The molecule has 3 aromatic rings. The maximum absolute atomic E-state index is 12.6. The summed E-state index contributed by atoms with van der Waals surface area (Å²) in [5.74, 6) is 0.519. The maximum Gasteiger partial charge on any atom is 0.347 e. The molecule has 6 heteroatoms. The number of piperidine rings is 1. The van der Waals surface area contributed by atoms with E-state index in [1.165, 1.54) is 16.7 Å². The SMILES string of the molecule is Cc1ccc(CCN2CCCC(/C(N)=N/C(=O)Nc3cccc4cnccc34)C2)c(C)c1. The van der Waals surface area contributed by atoms with Crippen LogP contribution in [0.15, 0.2) is 59.9 Å². The highest BCUT2D eigenvalue weighted by molar-refractivity contribution is 6.05. The third-order valence-electron chi connectivity index (χ3n) is 6.27. The lowest BCUT2D eigenvalue weighted by Crippen LogP contribution is -2.42. The van der Waals surface area contributed by atoms with Crippen molar-refractivity contribution in [3.63, 3.8) is 0 Å². The Hall–Kier alpha value is -3.25. The number of carbonyl (C=O) groups excluding carboxylic acids is 1. The van der Waals surface area contributed by atoms with Crippen molar-refractivity contribution in [2.24, 2.45) is 16.6 Å². The van der Waals surface area contributed by atoms with Gasteiger partial charge in [-0.05, 0) is 62.9 Å². The van der Waals surface area contributed by atoms with Crippen molar-refractivity contribution >= 4 is 28.3 Å². The monoisotopic (exact) mass is 429 g/mol. The molecule has 2 amide bonds. The Bertz CT molecular complexity index is 1130. The Kier molecular flexibility index (Phi) is 6.81. The summed E-state index contributed by atoms with van der Waals surface area (Å²) < 4.78 is 0. The van der Waals surface area contributed by atoms with Gasteiger partial charge in [-0.1, -0.05) is 35.9 Å². The number of amides is 2. The number of urea groups is 1. The number of aromatic nitrogens is 1. The molecule has 6 nitrogen and oxygen atoms in total. The van der Waals surface area contributed by atoms with Crippen LogP contribution in [0.2, 0.25) is 0 Å². The van der Waals surface area contributed by atoms with Crippen LogP contribution in [-0.4, -0.2) is 41.4 Å². The molecular weight excluding hydrogens is 398 g/mol. The van der Waals surface area contributed by atoms with Crippen molar-refractivity contribution in [3.8, 4) is 0 Å². The molecule has 1 saturated heterocycles. The van der Waals surface area contributed by atoms with Gasteiger partial charge in [0.25, 0.3) is 0 Å². The lowest BCUT2D eigenvalue weighted by Gasteiger charge is -2.32. The molecular formula is C26H31N5O. The van der Waals surface area contributed by atoms with E-state index in [-0.39, 0.29) is 5.92 Å². The number of rotatable bonds is 5. The van der Waals surface area contributed by atoms with Gasteiger partial charge in [0.15, 0.2) is 0 Å². The fourth-order valence-electron chi connectivity index (χ4n) is 4.49. The fourth-order valence-corrected chi connectivity index (χ4v) is 4.49. The summed E-state index contributed by atoms with van der Waals surface area (Å²) in [6.07, 6.45) is 6.53. The molecule has 0 radical (unpaired) electrons. The second-order valence-corrected chi connectivity index (χ2v) is 8.69. The van der Waals surface area contributed by atoms with E-state index in [9.17, 15) is 4.79 Å². The van der Waals surface area contributed by atoms with E-state index in [2.05, 4.69) is 52.2 Å². The molecule has 0 bridgehead atoms. The third kappa shape index (κ3) is 5.32. The van der Waals surface area contributed by atoms with Crippen molar-refractivity contribution < 1.29 is 4.79 Å². The molecule has 1 atom stereocenters. The van der Waals surface area contributed by atoms with E-state index in [1.807, 2.05) is 24.3 Å². The minimum absolute atomic E-state index is 0.102. The highest BCUT2D eigenvalue weighted by Gasteiger charge is 2.23. The number of benzene rings is 2. The summed E-state index contributed by atoms with van der Waals surface area (Å²) in [6, 6.07) is 13.8. The first-order chi connectivity index (χ1) is 15.5. The Balaban J connectivity index is 1.36. The van der Waals surface area contributed by atoms with Gasteiger partial charge in [0.2, 0.25) is 0 Å². The Morgan fingerprint density at radius 1 is 1.25 bits per heavy atom. The minimum Gasteiger partial charge on any atom is -0.387 e. The van der Waals surface area contributed by atoms with Gasteiger partial charge in [-0.15, -0.1) is 0 Å². The molecule has 1 fully saturated rings. The number of likely N-dealkylation sites (tertiary alicyclic amines) is 1. The lowest BCUT2D eigenvalue weighted by molar-refractivity contribution is 0.206. The molecule has 32 heavy (non-hydrogen) atoms. The number of aryl methyl sites for hydroxylation is 2. The molecule has 3 N–H and O–H groups in total. The molecule has 0 aliphatic carbocycles. The quantitative estimate of drug-likeness (QED) is 0.455. The zero-order chi connectivity index (χ0) is 22.5. The van der Waals surface area contributed by atoms with Crippen LogP contribution in [-0.2, 0) is 6.42 Å². The van der Waals surface area contributed by atoms with Crippen molar-refractivity contribution in [1.82, 2.24) is 9.88 Å². The topological polar surface area (TPSA) is 83.6 Å². The number of pyridine rings is 1. The first kappa shape index (κ1) is 22.0. The van der Waals surface area contributed by atoms with Gasteiger partial charge in [0.1, 0.15) is 5.84 Å². The maximum atomic E-state index is 12.6. The minimum atomic E-state index is -0.431. The summed E-state index contributed by atoms with van der Waals surface area (Å²) in [6.45, 7) is 7.20. The first-order valence-corrected chi connectivity index (χ1v) is 11.3. The van der Waals surface area contributed by atoms with Crippen molar-refractivity contribution in [3.05, 3.63) is 71.5 Å². The number of amidine groups is 1. The van der Waals surface area contributed by atoms with Crippen molar-refractivity contribution in [2.75, 3.05) is 25.0 Å². The predicted octanol–water partition coefficient (Wildman–Crippen LogP) is 4.70. The van der Waals surface area contributed by atoms with Gasteiger partial charge in [-0.2, -0.15) is 4.99 Å². The number of fused-ring (bicyclic) bond motifs is 1. The van der Waals surface area contributed by atoms with E-state index in [4.69, 9.17) is 5.73 Å². The summed E-state index contributed by atoms with van der Waals surface area (Å²) in [5, 5.41) is 4.77. The van der Waals surface area contributed by atoms with Crippen LogP contribution < -0.4 is 11.1 Å². The number of hydrogen-bond donors (Lipinski definition) is 2. The molecule has 2 aromatic carbocycles. The van der Waals surface area contributed by atoms with Crippen molar-refractivity contribution in [1.29, 1.82) is 0 Å². The van der Waals surface area contributed by atoms with E-state index < -0.39 is 6.03 Å². The fraction of sp³-hybridized carbons (Fsp3) is 0.346. The summed E-state index contributed by atoms with van der Waals surface area (Å²) >= 11 is 0. The standard InChI is InChI=1S/C26H31N5O/c1-18-8-9-20(19(2)15-18)11-14-31-13-4-6-22(17-31)25(27)30-26(32)29-24-7-3-5-21-16-28-12-10-23(21)24/h3,5,7-10,12,15-16,22H,4,6,11,13-14,17H2,1-2H3,(H3,27,29,30,32). The smallest absolute Gasteiger partial charge is 0.347 e. The molecule has 0 saturated carbocycles. The van der Waals surface area contributed by atoms with Crippen LogP contribution in [0.5, 0.6) is 0 Å². The van der Waals surface area contributed by atoms with Gasteiger partial charge < -0.3 is 16.0 Å². The number of hydrogen-bond acceptors (Lipinski definition) is 3. The second-order valence-electron chi connectivity index (χ2n) is 8.69. The highest BCUT2D eigenvalue weighted by atomic mass is 16.2. The molecule has 166 valence electrons. The van der Waals surface area contributed by atoms with E-state index in [0.29, 0.717) is 11.5 Å². The Morgan fingerprint density at radius 3 is 2.97 bits per heavy atom. The Morgan fingerprint density at radius 2 is 2.12 bits per heavy atom. The number of aliphatic imine (C=N–C) groups is 1. The zero-order valence-electron chi connectivity index (χ0n) is 18.8. The van der Waals surface area contributed by atoms with Crippen molar-refractivity contribution in [2.45, 2.75) is 33.1 Å². The third-order valence-corrected chi connectivity index (χ3v) is 6.27. The van der Waals surface area contributed by atoms with E-state index in [1.54, 1.807) is 12.4 Å². The van der Waals surface area contributed by atoms with Gasteiger partial charge in [-0.3, -0.25) is 4.98 Å². The van der Waals surface area contributed by atoms with Crippen LogP contribution in [0.25, 0.3) is 10.8 Å². The summed E-state index contributed by atoms with van der Waals surface area (Å²) in [7, 11) is 0. The highest BCUT2D eigenvalue weighted by Crippen LogP contribution is 2.23. The normalized spacial score (nSPS) is 17.4. The number of anilines is 1. The largest absolute Gasteiger partial charge is 0.387 e. The van der Waals surface area contributed by atoms with E-state index >= 15 is 0 Å². The van der Waals surface area contributed by atoms with Crippen LogP contribution in [0.3, 0.4) is 0 Å². The van der Waals surface area contributed by atoms with Gasteiger partial charge in [0.05, 0.1) is 5.69 Å². The van der Waals surface area contributed by atoms with Crippen LogP contribution in [0.1, 0.15) is 29.5 Å². The van der Waals surface area contributed by atoms with E-state index in [0.717, 1.165) is 49.7 Å². The summed E-state index contributed by atoms with van der Waals surface area (Å²) in [4.78, 5) is 23.3. The number of nitrogens with zero attached hydrogens (tertiary/aromatic N) is 3. The first-order valence-electron chi connectivity index (χ1n) is 11.3. The van der Waals surface area contributed by atoms with Crippen LogP contribution in [0.4, 0.5) is 10.5 Å². The molecule has 0 spiro atoms. The van der Waals surface area contributed by atoms with Gasteiger partial charge in [0, 0.05) is 42.2 Å². The number of nitrogens with one attached hydrogen (secondary N) is 1. The Labute approximate surface area is 189 Å². The average Bonchev–Trinajstić information content (AvgIpc) is 2.79. The molecule has 1 aromatic heterocycles. The predicted molar refractivity (Wildman–Crippen MR) is 131 cm³/mol. The van der Waals surface area contributed by atoms with Crippen LogP contribution >= 0.6 is 0 Å². The second kappa shape index (κ2) is 9.92. The van der Waals surface area contributed by atoms with Gasteiger partial charge in [-0.25, -0.2) is 4.79 Å². The number of nitrogens with two attached hydrogens (primary N) is 1. The van der Waals surface area contributed by atoms with Gasteiger partial charge >= 0.3 is 6.03 Å². The number of carbonyl (C=O) groups is 1. The molecule has 2 heterocycles. The molecule has 1 aliphatic heterocycles. The summed E-state index contributed by atoms with van der Waals surface area (Å²) in [5.41, 5.74) is 11.0. The molecule has 1 aliphatic rings. The average molecular weight is 430 g/mol. The van der Waals surface area contributed by atoms with Crippen LogP contribution in [0, 0.1) is 19.8 Å².